The van der Waals surface area contributed by atoms with Crippen LogP contribution in [0, 0.1) is 0 Å². The van der Waals surface area contributed by atoms with E-state index in [0.29, 0.717) is 0 Å². The Kier molecular flexibility index (Phi) is 7.95. The Labute approximate surface area is 159 Å². The molecule has 4 heteroatoms. The van der Waals surface area contributed by atoms with Crippen molar-refractivity contribution in [2.45, 2.75) is 71.3 Å². The van der Waals surface area contributed by atoms with Crippen molar-refractivity contribution in [1.82, 2.24) is 10.2 Å². The first-order valence-electron chi connectivity index (χ1n) is 10.1. The molecule has 26 heavy (non-hydrogen) atoms. The molecule has 1 atom stereocenters. The minimum atomic E-state index is -0.0416. The highest BCUT2D eigenvalue weighted by Gasteiger charge is 2.19. The summed E-state index contributed by atoms with van der Waals surface area (Å²) >= 11 is 0. The van der Waals surface area contributed by atoms with Crippen LogP contribution >= 0.6 is 0 Å². The molecule has 0 aliphatic carbocycles. The quantitative estimate of drug-likeness (QED) is 0.709. The van der Waals surface area contributed by atoms with Crippen molar-refractivity contribution in [3.8, 4) is 5.75 Å². The van der Waals surface area contributed by atoms with E-state index in [9.17, 15) is 4.79 Å². The van der Waals surface area contributed by atoms with Gasteiger partial charge in [-0.05, 0) is 62.7 Å². The summed E-state index contributed by atoms with van der Waals surface area (Å²) in [6.45, 7) is 12.0. The number of unbranched alkanes of at least 4 members (excludes halogenated alkanes) is 1. The number of rotatable bonds is 8. The van der Waals surface area contributed by atoms with E-state index in [1.54, 1.807) is 0 Å². The van der Waals surface area contributed by atoms with Crippen molar-refractivity contribution in [2.75, 3.05) is 26.2 Å². The highest BCUT2D eigenvalue weighted by Crippen LogP contribution is 2.30. The molecule has 0 bridgehead atoms. The smallest absolute Gasteiger partial charge is 0.257 e. The molecule has 1 aliphatic rings. The summed E-state index contributed by atoms with van der Waals surface area (Å²) in [4.78, 5) is 14.6. The van der Waals surface area contributed by atoms with Crippen molar-refractivity contribution in [3.63, 3.8) is 0 Å². The zero-order chi connectivity index (χ0) is 19.0. The molecule has 1 fully saturated rings. The Balaban J connectivity index is 1.64. The maximum Gasteiger partial charge on any atom is 0.257 e. The first-order chi connectivity index (χ1) is 12.4. The van der Waals surface area contributed by atoms with Gasteiger partial charge < -0.3 is 15.0 Å². The summed E-state index contributed by atoms with van der Waals surface area (Å²) in [5, 5.41) is 2.98. The standard InChI is InChI=1S/C22H36N2O2/c1-18-11-7-9-15-24(18)16-10-8-14-23-21(25)17-26-20-13-6-5-12-19(20)22(2,3)4/h5-6,12-13,18H,7-11,14-17H2,1-4H3,(H,23,25). The molecule has 1 heterocycles. The van der Waals surface area contributed by atoms with Gasteiger partial charge in [-0.1, -0.05) is 45.4 Å². The van der Waals surface area contributed by atoms with Gasteiger partial charge in [-0.25, -0.2) is 0 Å². The predicted molar refractivity (Wildman–Crippen MR) is 108 cm³/mol. The number of likely N-dealkylation sites (tertiary alicyclic amines) is 1. The number of hydrogen-bond donors (Lipinski definition) is 1. The minimum absolute atomic E-state index is 0.00133. The number of para-hydroxylation sites is 1. The van der Waals surface area contributed by atoms with Gasteiger partial charge in [-0.3, -0.25) is 4.79 Å². The number of amides is 1. The average Bonchev–Trinajstić information content (AvgIpc) is 2.60. The van der Waals surface area contributed by atoms with Crippen LogP contribution in [-0.4, -0.2) is 43.1 Å². The fraction of sp³-hybridized carbons (Fsp3) is 0.682. The lowest BCUT2D eigenvalue weighted by atomic mass is 9.86. The second-order valence-corrected chi connectivity index (χ2v) is 8.47. The molecule has 1 unspecified atom stereocenters. The van der Waals surface area contributed by atoms with Crippen LogP contribution in [0.2, 0.25) is 0 Å². The van der Waals surface area contributed by atoms with E-state index in [4.69, 9.17) is 4.74 Å². The number of benzene rings is 1. The highest BCUT2D eigenvalue weighted by molar-refractivity contribution is 5.77. The Hall–Kier alpha value is -1.55. The number of nitrogens with one attached hydrogen (secondary N) is 1. The molecule has 0 spiro atoms. The Morgan fingerprint density at radius 3 is 2.73 bits per heavy atom. The van der Waals surface area contributed by atoms with E-state index >= 15 is 0 Å². The van der Waals surface area contributed by atoms with Crippen LogP contribution in [0.15, 0.2) is 24.3 Å². The fourth-order valence-electron chi connectivity index (χ4n) is 3.56. The van der Waals surface area contributed by atoms with Crippen LogP contribution < -0.4 is 10.1 Å². The lowest BCUT2D eigenvalue weighted by Crippen LogP contribution is -2.38. The molecule has 1 aromatic rings. The van der Waals surface area contributed by atoms with Crippen LogP contribution in [0.4, 0.5) is 0 Å². The van der Waals surface area contributed by atoms with Gasteiger partial charge >= 0.3 is 0 Å². The maximum atomic E-state index is 12.0. The molecule has 1 amide bonds. The predicted octanol–water partition coefficient (Wildman–Crippen LogP) is 4.13. The van der Waals surface area contributed by atoms with E-state index in [0.717, 1.165) is 43.3 Å². The molecule has 0 radical (unpaired) electrons. The molecular weight excluding hydrogens is 324 g/mol. The van der Waals surface area contributed by atoms with E-state index in [-0.39, 0.29) is 17.9 Å². The Morgan fingerprint density at radius 1 is 1.23 bits per heavy atom. The number of ether oxygens (including phenoxy) is 1. The monoisotopic (exact) mass is 360 g/mol. The average molecular weight is 361 g/mol. The van der Waals surface area contributed by atoms with Gasteiger partial charge in [0.05, 0.1) is 0 Å². The molecular formula is C22H36N2O2. The van der Waals surface area contributed by atoms with Crippen LogP contribution in [-0.2, 0) is 10.2 Å². The highest BCUT2D eigenvalue weighted by atomic mass is 16.5. The zero-order valence-corrected chi connectivity index (χ0v) is 17.0. The van der Waals surface area contributed by atoms with Gasteiger partial charge in [-0.15, -0.1) is 0 Å². The molecule has 1 aliphatic heterocycles. The summed E-state index contributed by atoms with van der Waals surface area (Å²) in [7, 11) is 0. The topological polar surface area (TPSA) is 41.6 Å². The van der Waals surface area contributed by atoms with Crippen molar-refractivity contribution in [1.29, 1.82) is 0 Å². The van der Waals surface area contributed by atoms with Gasteiger partial charge in [0, 0.05) is 12.6 Å². The van der Waals surface area contributed by atoms with Gasteiger partial charge in [0.2, 0.25) is 0 Å². The number of carbonyl (C=O) groups excluding carboxylic acids is 1. The van der Waals surface area contributed by atoms with Crippen molar-refractivity contribution in [3.05, 3.63) is 29.8 Å². The number of piperidine rings is 1. The zero-order valence-electron chi connectivity index (χ0n) is 17.0. The number of hydrogen-bond acceptors (Lipinski definition) is 3. The van der Waals surface area contributed by atoms with Gasteiger partial charge in [0.15, 0.2) is 6.61 Å². The van der Waals surface area contributed by atoms with Crippen LogP contribution in [0.5, 0.6) is 5.75 Å². The summed E-state index contributed by atoms with van der Waals surface area (Å²) in [6, 6.07) is 8.68. The molecule has 1 N–H and O–H groups in total. The molecule has 146 valence electrons. The number of carbonyl (C=O) groups is 1. The normalized spacial score (nSPS) is 18.5. The lowest BCUT2D eigenvalue weighted by Gasteiger charge is -2.33. The first kappa shape index (κ1) is 20.8. The van der Waals surface area contributed by atoms with E-state index in [2.05, 4.69) is 44.0 Å². The molecule has 0 saturated carbocycles. The second-order valence-electron chi connectivity index (χ2n) is 8.47. The van der Waals surface area contributed by atoms with Crippen molar-refractivity contribution in [2.24, 2.45) is 0 Å². The van der Waals surface area contributed by atoms with Gasteiger partial charge in [0.1, 0.15) is 5.75 Å². The first-order valence-corrected chi connectivity index (χ1v) is 10.1. The lowest BCUT2D eigenvalue weighted by molar-refractivity contribution is -0.123. The van der Waals surface area contributed by atoms with Crippen LogP contribution in [0.1, 0.15) is 65.4 Å². The second kappa shape index (κ2) is 9.96. The molecule has 4 nitrogen and oxygen atoms in total. The summed E-state index contributed by atoms with van der Waals surface area (Å²) in [5.74, 6) is 0.759. The molecule has 2 rings (SSSR count). The van der Waals surface area contributed by atoms with E-state index in [1.165, 1.54) is 25.8 Å². The van der Waals surface area contributed by atoms with E-state index < -0.39 is 0 Å². The Bertz CT molecular complexity index is 566. The van der Waals surface area contributed by atoms with Crippen molar-refractivity contribution < 1.29 is 9.53 Å². The minimum Gasteiger partial charge on any atom is -0.483 e. The SMILES string of the molecule is CC1CCCCN1CCCCNC(=O)COc1ccccc1C(C)(C)C. The van der Waals surface area contributed by atoms with Crippen LogP contribution in [0.3, 0.4) is 0 Å². The third kappa shape index (κ3) is 6.64. The molecule has 0 aromatic heterocycles. The van der Waals surface area contributed by atoms with Crippen molar-refractivity contribution >= 4 is 5.91 Å². The third-order valence-corrected chi connectivity index (χ3v) is 5.19. The van der Waals surface area contributed by atoms with E-state index in [1.807, 2.05) is 18.2 Å². The van der Waals surface area contributed by atoms with Crippen LogP contribution in [0.25, 0.3) is 0 Å². The maximum absolute atomic E-state index is 12.0. The summed E-state index contributed by atoms with van der Waals surface area (Å²) < 4.78 is 5.77. The Morgan fingerprint density at radius 2 is 2.00 bits per heavy atom. The third-order valence-electron chi connectivity index (χ3n) is 5.19. The summed E-state index contributed by atoms with van der Waals surface area (Å²) in [5.41, 5.74) is 1.13. The van der Waals surface area contributed by atoms with Gasteiger partial charge in [0.25, 0.3) is 5.91 Å². The fourth-order valence-corrected chi connectivity index (χ4v) is 3.56. The molecule has 1 saturated heterocycles. The largest absolute Gasteiger partial charge is 0.483 e. The van der Waals surface area contributed by atoms with Gasteiger partial charge in [-0.2, -0.15) is 0 Å². The number of nitrogens with zero attached hydrogens (tertiary/aromatic N) is 1. The molecule has 1 aromatic carbocycles. The summed E-state index contributed by atoms with van der Waals surface area (Å²) in [6.07, 6.45) is 6.18.